The summed E-state index contributed by atoms with van der Waals surface area (Å²) in [6.45, 7) is 10.8. The Morgan fingerprint density at radius 2 is 2.04 bits per heavy atom. The van der Waals surface area contributed by atoms with Gasteiger partial charge in [0.15, 0.2) is 5.96 Å². The molecule has 4 nitrogen and oxygen atoms in total. The molecule has 1 aromatic carbocycles. The molecule has 6 heteroatoms. The molecular formula is C20H34IN3OS. The van der Waals surface area contributed by atoms with Crippen LogP contribution in [0.1, 0.15) is 43.7 Å². The average molecular weight is 491 g/mol. The van der Waals surface area contributed by atoms with Crippen LogP contribution in [0.3, 0.4) is 0 Å². The van der Waals surface area contributed by atoms with Crippen molar-refractivity contribution in [3.63, 3.8) is 0 Å². The molecule has 0 aliphatic carbocycles. The summed E-state index contributed by atoms with van der Waals surface area (Å²) in [6.07, 6.45) is 4.36. The Balaban J connectivity index is 0.00000338. The number of nitrogens with zero attached hydrogens (tertiary/aromatic N) is 1. The van der Waals surface area contributed by atoms with Gasteiger partial charge in [-0.3, -0.25) is 4.99 Å². The third kappa shape index (κ3) is 7.27. The number of ether oxygens (including phenoxy) is 1. The highest BCUT2D eigenvalue weighted by Gasteiger charge is 2.31. The van der Waals surface area contributed by atoms with Crippen molar-refractivity contribution in [2.24, 2.45) is 4.99 Å². The van der Waals surface area contributed by atoms with Gasteiger partial charge < -0.3 is 15.4 Å². The van der Waals surface area contributed by atoms with Crippen molar-refractivity contribution >= 4 is 41.7 Å². The number of aliphatic imine (C=N–C) groups is 1. The number of hydrogen-bond donors (Lipinski definition) is 2. The standard InChI is InChI=1S/C20H33N3OS.HI/c1-5-21-19(23-15-20(25-4)9-11-24-12-10-20)22-14-17(3)18-8-6-7-16(2)13-18;/h6-8,13,17H,5,9-12,14-15H2,1-4H3,(H2,21,22,23);1H. The predicted molar refractivity (Wildman–Crippen MR) is 125 cm³/mol. The molecule has 1 aromatic rings. The highest BCUT2D eigenvalue weighted by molar-refractivity contribution is 14.0. The van der Waals surface area contributed by atoms with Crippen LogP contribution in [-0.4, -0.2) is 49.8 Å². The molecule has 1 atom stereocenters. The molecule has 0 saturated carbocycles. The molecular weight excluding hydrogens is 457 g/mol. The fourth-order valence-electron chi connectivity index (χ4n) is 3.08. The Morgan fingerprint density at radius 1 is 1.31 bits per heavy atom. The molecule has 2 rings (SSSR count). The van der Waals surface area contributed by atoms with Gasteiger partial charge in [0.2, 0.25) is 0 Å². The van der Waals surface area contributed by atoms with Crippen molar-refractivity contribution in [2.75, 3.05) is 39.1 Å². The summed E-state index contributed by atoms with van der Waals surface area (Å²) in [5.74, 6) is 1.36. The van der Waals surface area contributed by atoms with E-state index >= 15 is 0 Å². The Morgan fingerprint density at radius 3 is 2.65 bits per heavy atom. The molecule has 0 spiro atoms. The lowest BCUT2D eigenvalue weighted by Gasteiger charge is -2.34. The predicted octanol–water partition coefficient (Wildman–Crippen LogP) is 4.18. The molecule has 1 saturated heterocycles. The maximum atomic E-state index is 5.53. The van der Waals surface area contributed by atoms with Gasteiger partial charge in [-0.15, -0.1) is 24.0 Å². The minimum absolute atomic E-state index is 0. The van der Waals surface area contributed by atoms with E-state index in [2.05, 4.69) is 61.9 Å². The van der Waals surface area contributed by atoms with E-state index < -0.39 is 0 Å². The fraction of sp³-hybridized carbons (Fsp3) is 0.650. The molecule has 1 aliphatic rings. The first-order valence-corrected chi connectivity index (χ1v) is 10.5. The number of nitrogens with one attached hydrogen (secondary N) is 2. The number of thioether (sulfide) groups is 1. The van der Waals surface area contributed by atoms with Crippen LogP contribution < -0.4 is 10.6 Å². The van der Waals surface area contributed by atoms with Gasteiger partial charge in [0.05, 0.1) is 6.54 Å². The topological polar surface area (TPSA) is 45.7 Å². The summed E-state index contributed by atoms with van der Waals surface area (Å²) < 4.78 is 5.75. The van der Waals surface area contributed by atoms with Gasteiger partial charge in [0, 0.05) is 31.1 Å². The largest absolute Gasteiger partial charge is 0.381 e. The van der Waals surface area contributed by atoms with Gasteiger partial charge in [0.25, 0.3) is 0 Å². The molecule has 1 heterocycles. The van der Waals surface area contributed by atoms with Crippen molar-refractivity contribution < 1.29 is 4.74 Å². The second-order valence-electron chi connectivity index (χ2n) is 6.89. The van der Waals surface area contributed by atoms with Crippen molar-refractivity contribution in [1.29, 1.82) is 0 Å². The summed E-state index contributed by atoms with van der Waals surface area (Å²) in [5, 5.41) is 6.90. The van der Waals surface area contributed by atoms with E-state index in [1.54, 1.807) is 0 Å². The molecule has 1 fully saturated rings. The van der Waals surface area contributed by atoms with Crippen LogP contribution in [0.4, 0.5) is 0 Å². The fourth-order valence-corrected chi connectivity index (χ4v) is 3.85. The zero-order valence-electron chi connectivity index (χ0n) is 16.5. The Kier molecular flexibility index (Phi) is 11.0. The number of halogens is 1. The summed E-state index contributed by atoms with van der Waals surface area (Å²) >= 11 is 1.93. The van der Waals surface area contributed by atoms with Crippen molar-refractivity contribution in [3.05, 3.63) is 35.4 Å². The summed E-state index contributed by atoms with van der Waals surface area (Å²) in [4.78, 5) is 4.88. The average Bonchev–Trinajstić information content (AvgIpc) is 2.64. The second-order valence-corrected chi connectivity index (χ2v) is 8.17. The van der Waals surface area contributed by atoms with Crippen LogP contribution >= 0.6 is 35.7 Å². The summed E-state index contributed by atoms with van der Waals surface area (Å²) in [7, 11) is 0. The zero-order valence-corrected chi connectivity index (χ0v) is 19.7. The third-order valence-electron chi connectivity index (χ3n) is 4.89. The summed E-state index contributed by atoms with van der Waals surface area (Å²) in [6, 6.07) is 8.74. The van der Waals surface area contributed by atoms with Gasteiger partial charge in [0.1, 0.15) is 0 Å². The smallest absolute Gasteiger partial charge is 0.191 e. The number of hydrogen-bond acceptors (Lipinski definition) is 3. The van der Waals surface area contributed by atoms with Gasteiger partial charge in [-0.05, 0) is 44.4 Å². The van der Waals surface area contributed by atoms with Gasteiger partial charge >= 0.3 is 0 Å². The Labute approximate surface area is 180 Å². The highest BCUT2D eigenvalue weighted by Crippen LogP contribution is 2.33. The SMILES string of the molecule is CCNC(=NCC1(SC)CCOCC1)NCC(C)c1cccc(C)c1.I. The van der Waals surface area contributed by atoms with Gasteiger partial charge in [-0.2, -0.15) is 11.8 Å². The van der Waals surface area contributed by atoms with Gasteiger partial charge in [-0.1, -0.05) is 36.8 Å². The monoisotopic (exact) mass is 491 g/mol. The zero-order chi connectivity index (χ0) is 18.1. The number of rotatable bonds is 7. The van der Waals surface area contributed by atoms with E-state index in [1.165, 1.54) is 11.1 Å². The van der Waals surface area contributed by atoms with Crippen molar-refractivity contribution in [1.82, 2.24) is 10.6 Å². The van der Waals surface area contributed by atoms with Crippen LogP contribution in [0.15, 0.2) is 29.3 Å². The Bertz CT molecular complexity index is 562. The minimum Gasteiger partial charge on any atom is -0.381 e. The van der Waals surface area contributed by atoms with Crippen LogP contribution in [0.2, 0.25) is 0 Å². The van der Waals surface area contributed by atoms with E-state index in [9.17, 15) is 0 Å². The maximum absolute atomic E-state index is 5.53. The number of guanidine groups is 1. The molecule has 1 unspecified atom stereocenters. The molecule has 2 N–H and O–H groups in total. The Hall–Kier alpha value is -0.470. The van der Waals surface area contributed by atoms with Crippen LogP contribution in [0, 0.1) is 6.92 Å². The first-order valence-electron chi connectivity index (χ1n) is 9.30. The van der Waals surface area contributed by atoms with Crippen molar-refractivity contribution in [2.45, 2.75) is 44.3 Å². The summed E-state index contributed by atoms with van der Waals surface area (Å²) in [5.41, 5.74) is 2.68. The number of aryl methyl sites for hydroxylation is 1. The molecule has 0 bridgehead atoms. The van der Waals surface area contributed by atoms with E-state index in [-0.39, 0.29) is 28.7 Å². The van der Waals surface area contributed by atoms with E-state index in [1.807, 2.05) is 11.8 Å². The maximum Gasteiger partial charge on any atom is 0.191 e. The van der Waals surface area contributed by atoms with E-state index in [4.69, 9.17) is 9.73 Å². The molecule has 1 aliphatic heterocycles. The lowest BCUT2D eigenvalue weighted by atomic mass is 9.99. The lowest BCUT2D eigenvalue weighted by molar-refractivity contribution is 0.0794. The second kappa shape index (κ2) is 12.1. The third-order valence-corrected chi connectivity index (χ3v) is 6.30. The molecule has 0 radical (unpaired) electrons. The van der Waals surface area contributed by atoms with Crippen LogP contribution in [0.5, 0.6) is 0 Å². The van der Waals surface area contributed by atoms with Crippen LogP contribution in [-0.2, 0) is 4.74 Å². The van der Waals surface area contributed by atoms with Crippen LogP contribution in [0.25, 0.3) is 0 Å². The first-order chi connectivity index (χ1) is 12.1. The lowest BCUT2D eigenvalue weighted by Crippen LogP contribution is -2.42. The van der Waals surface area contributed by atoms with Gasteiger partial charge in [-0.25, -0.2) is 0 Å². The molecule has 0 amide bonds. The van der Waals surface area contributed by atoms with E-state index in [0.29, 0.717) is 5.92 Å². The number of benzene rings is 1. The molecule has 148 valence electrons. The highest BCUT2D eigenvalue weighted by atomic mass is 127. The minimum atomic E-state index is 0. The van der Waals surface area contributed by atoms with Crippen molar-refractivity contribution in [3.8, 4) is 0 Å². The first kappa shape index (κ1) is 23.6. The normalized spacial score (nSPS) is 17.9. The molecule has 26 heavy (non-hydrogen) atoms. The quantitative estimate of drug-likeness (QED) is 0.341. The molecule has 0 aromatic heterocycles. The van der Waals surface area contributed by atoms with E-state index in [0.717, 1.165) is 51.6 Å².